The number of nitrogens with one attached hydrogen (secondary N) is 1. The predicted molar refractivity (Wildman–Crippen MR) is 64.7 cm³/mol. The number of halogens is 4. The Balaban J connectivity index is 2.76. The van der Waals surface area contributed by atoms with E-state index in [0.717, 1.165) is 15.6 Å². The minimum Gasteiger partial charge on any atom is -0.329 e. The van der Waals surface area contributed by atoms with E-state index in [4.69, 9.17) is 5.73 Å². The molecule has 0 saturated carbocycles. The van der Waals surface area contributed by atoms with Crippen LogP contribution in [0.2, 0.25) is 0 Å². The summed E-state index contributed by atoms with van der Waals surface area (Å²) < 4.78 is 37.2. The Bertz CT molecular complexity index is 379. The smallest absolute Gasteiger partial charge is 0.329 e. The summed E-state index contributed by atoms with van der Waals surface area (Å²) in [6.45, 7) is 0.964. The number of hydrogen-bond donors (Lipinski definition) is 2. The third kappa shape index (κ3) is 4.65. The van der Waals surface area contributed by atoms with Crippen LogP contribution in [-0.2, 0) is 0 Å². The van der Waals surface area contributed by atoms with Gasteiger partial charge < -0.3 is 11.1 Å². The average Bonchev–Trinajstić information content (AvgIpc) is 2.22. The molecule has 1 aromatic carbocycles. The van der Waals surface area contributed by atoms with Crippen molar-refractivity contribution in [2.75, 3.05) is 13.1 Å². The molecule has 17 heavy (non-hydrogen) atoms. The normalized spacial score (nSPS) is 13.8. The zero-order chi connectivity index (χ0) is 13.1. The van der Waals surface area contributed by atoms with E-state index in [1.165, 1.54) is 0 Å². The molecule has 1 aromatic rings. The second-order valence-corrected chi connectivity index (χ2v) is 4.65. The molecule has 1 unspecified atom stereocenters. The molecule has 0 heterocycles. The van der Waals surface area contributed by atoms with Gasteiger partial charge >= 0.3 is 6.18 Å². The molecule has 96 valence electrons. The van der Waals surface area contributed by atoms with Crippen LogP contribution in [0.25, 0.3) is 0 Å². The lowest BCUT2D eigenvalue weighted by molar-refractivity contribution is -0.126. The molecular weight excluding hydrogens is 297 g/mol. The van der Waals surface area contributed by atoms with Crippen LogP contribution in [0.3, 0.4) is 0 Å². The van der Waals surface area contributed by atoms with Crippen LogP contribution >= 0.6 is 15.9 Å². The largest absolute Gasteiger partial charge is 0.401 e. The maximum Gasteiger partial charge on any atom is 0.401 e. The summed E-state index contributed by atoms with van der Waals surface area (Å²) in [5.74, 6) is 0. The van der Waals surface area contributed by atoms with Gasteiger partial charge in [0.2, 0.25) is 0 Å². The maximum absolute atomic E-state index is 12.1. The Morgan fingerprint density at radius 2 is 2.06 bits per heavy atom. The van der Waals surface area contributed by atoms with E-state index in [9.17, 15) is 13.2 Å². The van der Waals surface area contributed by atoms with Gasteiger partial charge in [0.15, 0.2) is 0 Å². The summed E-state index contributed by atoms with van der Waals surface area (Å²) in [7, 11) is 0. The van der Waals surface area contributed by atoms with E-state index in [1.54, 1.807) is 6.07 Å². The van der Waals surface area contributed by atoms with Crippen LogP contribution < -0.4 is 11.1 Å². The summed E-state index contributed by atoms with van der Waals surface area (Å²) in [5, 5.41) is 2.41. The molecule has 0 fully saturated rings. The standard InChI is InChI=1S/C11H14BrF3N2/c1-7-4-8(2-3-9(7)12)10(5-16)17-6-11(13,14)15/h2-4,10,17H,5-6,16H2,1H3. The first-order chi connectivity index (χ1) is 7.83. The van der Waals surface area contributed by atoms with E-state index in [0.29, 0.717) is 0 Å². The van der Waals surface area contributed by atoms with Gasteiger partial charge in [0, 0.05) is 17.1 Å². The van der Waals surface area contributed by atoms with Crippen LogP contribution in [-0.4, -0.2) is 19.3 Å². The van der Waals surface area contributed by atoms with Gasteiger partial charge in [-0.05, 0) is 24.1 Å². The summed E-state index contributed by atoms with van der Waals surface area (Å²) in [6.07, 6.45) is -4.22. The summed E-state index contributed by atoms with van der Waals surface area (Å²) in [6, 6.07) is 4.91. The first kappa shape index (κ1) is 14.5. The third-order valence-corrected chi connectivity index (χ3v) is 3.26. The van der Waals surface area contributed by atoms with Gasteiger partial charge in [-0.2, -0.15) is 13.2 Å². The molecule has 6 heteroatoms. The molecule has 0 aromatic heterocycles. The van der Waals surface area contributed by atoms with Crippen LogP contribution in [0.1, 0.15) is 17.2 Å². The Morgan fingerprint density at radius 1 is 1.41 bits per heavy atom. The Morgan fingerprint density at radius 3 is 2.53 bits per heavy atom. The summed E-state index contributed by atoms with van der Waals surface area (Å²) in [4.78, 5) is 0. The van der Waals surface area contributed by atoms with Crippen molar-refractivity contribution < 1.29 is 13.2 Å². The number of nitrogens with two attached hydrogens (primary N) is 1. The fourth-order valence-electron chi connectivity index (χ4n) is 1.46. The molecule has 1 atom stereocenters. The van der Waals surface area contributed by atoms with Gasteiger partial charge in [0.1, 0.15) is 0 Å². The van der Waals surface area contributed by atoms with Gasteiger partial charge in [-0.25, -0.2) is 0 Å². The fraction of sp³-hybridized carbons (Fsp3) is 0.455. The van der Waals surface area contributed by atoms with Crippen molar-refractivity contribution in [2.24, 2.45) is 5.73 Å². The van der Waals surface area contributed by atoms with Crippen LogP contribution in [0, 0.1) is 6.92 Å². The van der Waals surface area contributed by atoms with Crippen LogP contribution in [0.15, 0.2) is 22.7 Å². The van der Waals surface area contributed by atoms with Gasteiger partial charge in [0.25, 0.3) is 0 Å². The molecule has 3 N–H and O–H groups in total. The van der Waals surface area contributed by atoms with E-state index in [1.807, 2.05) is 19.1 Å². The topological polar surface area (TPSA) is 38.0 Å². The molecule has 0 amide bonds. The second kappa shape index (κ2) is 5.84. The molecule has 0 bridgehead atoms. The second-order valence-electron chi connectivity index (χ2n) is 3.79. The summed E-state index contributed by atoms with van der Waals surface area (Å²) in [5.41, 5.74) is 7.21. The van der Waals surface area contributed by atoms with Crippen molar-refractivity contribution in [3.8, 4) is 0 Å². The first-order valence-corrected chi connectivity index (χ1v) is 5.89. The number of aryl methyl sites for hydroxylation is 1. The lowest BCUT2D eigenvalue weighted by Gasteiger charge is -2.19. The van der Waals surface area contributed by atoms with Crippen molar-refractivity contribution in [3.05, 3.63) is 33.8 Å². The number of benzene rings is 1. The first-order valence-electron chi connectivity index (χ1n) is 5.09. The highest BCUT2D eigenvalue weighted by Gasteiger charge is 2.28. The zero-order valence-electron chi connectivity index (χ0n) is 9.31. The number of hydrogen-bond acceptors (Lipinski definition) is 2. The monoisotopic (exact) mass is 310 g/mol. The molecule has 0 spiro atoms. The molecule has 1 rings (SSSR count). The van der Waals surface area contributed by atoms with Crippen LogP contribution in [0.4, 0.5) is 13.2 Å². The summed E-state index contributed by atoms with van der Waals surface area (Å²) >= 11 is 3.34. The van der Waals surface area contributed by atoms with Crippen molar-refractivity contribution >= 4 is 15.9 Å². The van der Waals surface area contributed by atoms with E-state index in [-0.39, 0.29) is 6.54 Å². The lowest BCUT2D eigenvalue weighted by atomic mass is 10.0. The minimum absolute atomic E-state index is 0.122. The molecule has 0 saturated heterocycles. The highest BCUT2D eigenvalue weighted by Crippen LogP contribution is 2.22. The Kier molecular flexibility index (Phi) is 4.97. The lowest BCUT2D eigenvalue weighted by Crippen LogP contribution is -2.35. The molecule has 0 aliphatic rings. The van der Waals surface area contributed by atoms with Gasteiger partial charge in [-0.15, -0.1) is 0 Å². The predicted octanol–water partition coefficient (Wildman–Crippen LogP) is 2.91. The van der Waals surface area contributed by atoms with Gasteiger partial charge in [0.05, 0.1) is 6.54 Å². The van der Waals surface area contributed by atoms with Crippen molar-refractivity contribution in [1.82, 2.24) is 5.32 Å². The molecule has 0 aliphatic carbocycles. The SMILES string of the molecule is Cc1cc(C(CN)NCC(F)(F)F)ccc1Br. The Hall–Kier alpha value is -0.590. The van der Waals surface area contributed by atoms with Gasteiger partial charge in [-0.3, -0.25) is 0 Å². The Labute approximate surface area is 107 Å². The van der Waals surface area contributed by atoms with E-state index >= 15 is 0 Å². The highest BCUT2D eigenvalue weighted by atomic mass is 79.9. The number of rotatable bonds is 4. The van der Waals surface area contributed by atoms with Crippen molar-refractivity contribution in [2.45, 2.75) is 19.1 Å². The number of alkyl halides is 3. The minimum atomic E-state index is -4.22. The average molecular weight is 311 g/mol. The molecule has 0 aliphatic heterocycles. The molecular formula is C11H14BrF3N2. The van der Waals surface area contributed by atoms with Crippen molar-refractivity contribution in [3.63, 3.8) is 0 Å². The quantitative estimate of drug-likeness (QED) is 0.897. The van der Waals surface area contributed by atoms with Gasteiger partial charge in [-0.1, -0.05) is 28.1 Å². The van der Waals surface area contributed by atoms with Crippen molar-refractivity contribution in [1.29, 1.82) is 0 Å². The maximum atomic E-state index is 12.1. The third-order valence-electron chi connectivity index (χ3n) is 2.37. The zero-order valence-corrected chi connectivity index (χ0v) is 10.9. The molecule has 2 nitrogen and oxygen atoms in total. The van der Waals surface area contributed by atoms with Crippen LogP contribution in [0.5, 0.6) is 0 Å². The van der Waals surface area contributed by atoms with E-state index < -0.39 is 18.8 Å². The fourth-order valence-corrected chi connectivity index (χ4v) is 1.71. The molecule has 0 radical (unpaired) electrons. The van der Waals surface area contributed by atoms with E-state index in [2.05, 4.69) is 21.2 Å². The highest BCUT2D eigenvalue weighted by molar-refractivity contribution is 9.10.